The van der Waals surface area contributed by atoms with Gasteiger partial charge in [0.15, 0.2) is 0 Å². The molecule has 3 fully saturated rings. The second-order valence-corrected chi connectivity index (χ2v) is 8.29. The van der Waals surface area contributed by atoms with Crippen LogP contribution in [0.1, 0.15) is 42.5 Å². The van der Waals surface area contributed by atoms with Crippen molar-refractivity contribution in [3.05, 3.63) is 35.8 Å². The van der Waals surface area contributed by atoms with E-state index in [2.05, 4.69) is 15.6 Å². The molecule has 2 heterocycles. The molecule has 1 atom stereocenters. The molecular weight excluding hydrogens is 388 g/mol. The lowest BCUT2D eigenvalue weighted by Gasteiger charge is -2.58. The Bertz CT molecular complexity index is 902. The van der Waals surface area contributed by atoms with Crippen LogP contribution in [0.15, 0.2) is 30.2 Å². The average molecular weight is 414 g/mol. The smallest absolute Gasteiger partial charge is 0.325 e. The number of pyridine rings is 1. The molecule has 2 aliphatic carbocycles. The van der Waals surface area contributed by atoms with E-state index in [1.807, 2.05) is 0 Å². The third-order valence-corrected chi connectivity index (χ3v) is 6.34. The topological polar surface area (TPSA) is 153 Å². The van der Waals surface area contributed by atoms with E-state index >= 15 is 0 Å². The van der Waals surface area contributed by atoms with Crippen molar-refractivity contribution in [2.75, 3.05) is 7.05 Å². The van der Waals surface area contributed by atoms with E-state index in [1.54, 1.807) is 25.4 Å². The van der Waals surface area contributed by atoms with Crippen molar-refractivity contribution >= 4 is 17.8 Å². The van der Waals surface area contributed by atoms with E-state index < -0.39 is 11.9 Å². The first-order valence-corrected chi connectivity index (χ1v) is 9.99. The second-order valence-electron chi connectivity index (χ2n) is 8.29. The van der Waals surface area contributed by atoms with E-state index in [1.165, 1.54) is 11.1 Å². The predicted molar refractivity (Wildman–Crippen MR) is 107 cm³/mol. The summed E-state index contributed by atoms with van der Waals surface area (Å²) < 4.78 is 5.87. The Labute approximate surface area is 174 Å². The maximum absolute atomic E-state index is 12.7. The van der Waals surface area contributed by atoms with Crippen LogP contribution in [0.2, 0.25) is 0 Å². The van der Waals surface area contributed by atoms with E-state index in [0.717, 1.165) is 25.7 Å². The highest BCUT2D eigenvalue weighted by molar-refractivity contribution is 6.04. The van der Waals surface area contributed by atoms with Crippen molar-refractivity contribution in [3.8, 4) is 5.88 Å². The molecule has 0 radical (unpaired) electrons. The molecule has 1 aromatic heterocycles. The van der Waals surface area contributed by atoms with E-state index in [4.69, 9.17) is 16.2 Å². The fourth-order valence-electron chi connectivity index (χ4n) is 4.78. The fourth-order valence-corrected chi connectivity index (χ4v) is 4.78. The van der Waals surface area contributed by atoms with Gasteiger partial charge in [0.2, 0.25) is 5.88 Å². The Morgan fingerprint density at radius 3 is 2.77 bits per heavy atom. The fraction of sp³-hybridized carbons (Fsp3) is 0.500. The zero-order chi connectivity index (χ0) is 21.5. The van der Waals surface area contributed by atoms with Gasteiger partial charge in [-0.1, -0.05) is 0 Å². The van der Waals surface area contributed by atoms with Crippen LogP contribution in [0.25, 0.3) is 0 Å². The maximum Gasteiger partial charge on any atom is 0.325 e. The number of imide groups is 1. The van der Waals surface area contributed by atoms with Crippen LogP contribution in [0.5, 0.6) is 5.88 Å². The third kappa shape index (κ3) is 3.42. The number of ether oxygens (including phenoxy) is 1. The van der Waals surface area contributed by atoms with E-state index in [-0.39, 0.29) is 40.9 Å². The normalized spacial score (nSPS) is 30.5. The molecule has 4 rings (SSSR count). The summed E-state index contributed by atoms with van der Waals surface area (Å²) in [4.78, 5) is 42.0. The van der Waals surface area contributed by atoms with Gasteiger partial charge in [-0.3, -0.25) is 14.5 Å². The number of hydrogen-bond donors (Lipinski definition) is 4. The van der Waals surface area contributed by atoms with Crippen molar-refractivity contribution in [2.24, 2.45) is 16.9 Å². The first-order chi connectivity index (χ1) is 14.4. The molecule has 1 unspecified atom stereocenters. The summed E-state index contributed by atoms with van der Waals surface area (Å²) in [5.41, 5.74) is 11.9. The van der Waals surface area contributed by atoms with Crippen LogP contribution in [0.3, 0.4) is 0 Å². The van der Waals surface area contributed by atoms with Crippen molar-refractivity contribution in [3.63, 3.8) is 0 Å². The summed E-state index contributed by atoms with van der Waals surface area (Å²) >= 11 is 0. The number of urea groups is 1. The highest BCUT2D eigenvalue weighted by Crippen LogP contribution is 2.58. The molecule has 1 spiro atoms. The molecule has 1 aromatic rings. The molecule has 1 saturated heterocycles. The Morgan fingerprint density at radius 1 is 1.40 bits per heavy atom. The van der Waals surface area contributed by atoms with Crippen LogP contribution in [0, 0.1) is 5.41 Å². The van der Waals surface area contributed by atoms with E-state index in [9.17, 15) is 14.4 Å². The third-order valence-electron chi connectivity index (χ3n) is 6.34. The number of carbonyl (C=O) groups is 3. The first-order valence-electron chi connectivity index (χ1n) is 9.99. The van der Waals surface area contributed by atoms with Gasteiger partial charge in [-0.2, -0.15) is 0 Å². The minimum absolute atomic E-state index is 0.0531. The Kier molecular flexibility index (Phi) is 5.00. The summed E-state index contributed by atoms with van der Waals surface area (Å²) in [6.45, 7) is 0. The molecule has 0 bridgehead atoms. The number of rotatable bonds is 7. The van der Waals surface area contributed by atoms with Crippen LogP contribution < -0.4 is 26.8 Å². The van der Waals surface area contributed by atoms with Crippen LogP contribution in [-0.2, 0) is 4.79 Å². The Hall–Kier alpha value is -3.30. The largest absolute Gasteiger partial charge is 0.474 e. The minimum Gasteiger partial charge on any atom is -0.474 e. The van der Waals surface area contributed by atoms with Crippen molar-refractivity contribution < 1.29 is 19.1 Å². The molecule has 10 nitrogen and oxygen atoms in total. The molecule has 4 amide bonds. The standard InChI is InChI=1S/C20H26N6O4/c1-23-11(10-21)5-15-18(28)26(19(29)25-15)12-6-20(7-12)8-13(9-20)30-17-14(16(22)27)3-2-4-24-17/h2-4,10,12-13,15,23H,5-9,21H2,1H3,(H2,22,27)(H,25,29)/b11-10-/t12-,13-,15?,20?. The summed E-state index contributed by atoms with van der Waals surface area (Å²) in [6, 6.07) is 2.19. The summed E-state index contributed by atoms with van der Waals surface area (Å²) in [6.07, 6.45) is 6.36. The van der Waals surface area contributed by atoms with Gasteiger partial charge in [0.05, 0.1) is 0 Å². The van der Waals surface area contributed by atoms with Gasteiger partial charge in [0, 0.05) is 37.6 Å². The number of hydrogen-bond acceptors (Lipinski definition) is 7. The highest BCUT2D eigenvalue weighted by atomic mass is 16.5. The van der Waals surface area contributed by atoms with Crippen molar-refractivity contribution in [1.29, 1.82) is 0 Å². The molecule has 2 saturated carbocycles. The van der Waals surface area contributed by atoms with Gasteiger partial charge in [-0.05, 0) is 43.2 Å². The zero-order valence-electron chi connectivity index (χ0n) is 16.8. The van der Waals surface area contributed by atoms with Gasteiger partial charge >= 0.3 is 6.03 Å². The Morgan fingerprint density at radius 2 is 2.13 bits per heavy atom. The molecule has 0 aromatic carbocycles. The van der Waals surface area contributed by atoms with Crippen LogP contribution >= 0.6 is 0 Å². The maximum atomic E-state index is 12.7. The monoisotopic (exact) mass is 414 g/mol. The lowest BCUT2D eigenvalue weighted by atomic mass is 9.52. The first kappa shape index (κ1) is 20.0. The summed E-state index contributed by atoms with van der Waals surface area (Å²) in [5, 5.41) is 5.67. The quantitative estimate of drug-likeness (QED) is 0.465. The molecule has 160 valence electrons. The molecule has 30 heavy (non-hydrogen) atoms. The van der Waals surface area contributed by atoms with Gasteiger partial charge in [-0.15, -0.1) is 0 Å². The predicted octanol–water partition coefficient (Wildman–Crippen LogP) is 0.201. The summed E-state index contributed by atoms with van der Waals surface area (Å²) in [7, 11) is 1.72. The average Bonchev–Trinajstić information content (AvgIpc) is 2.94. The van der Waals surface area contributed by atoms with Gasteiger partial charge in [0.1, 0.15) is 17.7 Å². The molecule has 6 N–H and O–H groups in total. The number of nitrogens with two attached hydrogens (primary N) is 2. The number of nitrogens with zero attached hydrogens (tertiary/aromatic N) is 2. The number of aromatic nitrogens is 1. The molecular formula is C20H26N6O4. The zero-order valence-corrected chi connectivity index (χ0v) is 16.8. The summed E-state index contributed by atoms with van der Waals surface area (Å²) in [5.74, 6) is -0.526. The van der Waals surface area contributed by atoms with Crippen LogP contribution in [0.4, 0.5) is 4.79 Å². The number of carbonyl (C=O) groups excluding carboxylic acids is 3. The molecule has 1 aliphatic heterocycles. The Balaban J connectivity index is 1.30. The SMILES string of the molecule is CN/C(=C\N)CC1NC(=O)N([C@H]2CC3(C[C@H](Oc4ncccc4C(N)=O)C3)C2)C1=O. The lowest BCUT2D eigenvalue weighted by Crippen LogP contribution is -2.60. The lowest BCUT2D eigenvalue weighted by molar-refractivity contribution is -0.140. The second kappa shape index (κ2) is 7.51. The number of primary amides is 1. The molecule has 3 aliphatic rings. The van der Waals surface area contributed by atoms with Gasteiger partial charge in [-0.25, -0.2) is 9.78 Å². The van der Waals surface area contributed by atoms with Crippen molar-refractivity contribution in [1.82, 2.24) is 20.5 Å². The van der Waals surface area contributed by atoms with Crippen molar-refractivity contribution in [2.45, 2.75) is 50.3 Å². The molecule has 10 heteroatoms. The number of amides is 4. The van der Waals surface area contributed by atoms with E-state index in [0.29, 0.717) is 12.1 Å². The van der Waals surface area contributed by atoms with Crippen LogP contribution in [-0.4, -0.2) is 53.0 Å². The number of nitrogens with one attached hydrogen (secondary N) is 2. The highest BCUT2D eigenvalue weighted by Gasteiger charge is 2.58. The minimum atomic E-state index is -0.592. The van der Waals surface area contributed by atoms with Gasteiger partial charge < -0.3 is 26.8 Å². The van der Waals surface area contributed by atoms with Gasteiger partial charge in [0.25, 0.3) is 11.8 Å².